The predicted molar refractivity (Wildman–Crippen MR) is 75.5 cm³/mol. The number of aryl methyl sites for hydroxylation is 2. The maximum absolute atomic E-state index is 13.7. The number of hydrogen-bond donors (Lipinski definition) is 1. The monoisotopic (exact) mass is 341 g/mol. The fourth-order valence-electron chi connectivity index (χ4n) is 2.10. The molecule has 0 saturated carbocycles. The van der Waals surface area contributed by atoms with Gasteiger partial charge in [0.25, 0.3) is 5.56 Å². The molecule has 1 heterocycles. The zero-order chi connectivity index (χ0) is 18.1. The van der Waals surface area contributed by atoms with Crippen molar-refractivity contribution in [3.05, 3.63) is 51.2 Å². The van der Waals surface area contributed by atoms with Crippen LogP contribution in [0.4, 0.5) is 17.6 Å². The number of aromatic amines is 1. The lowest BCUT2D eigenvalue weighted by atomic mass is 10.1. The summed E-state index contributed by atoms with van der Waals surface area (Å²) < 4.78 is 57.7. The highest BCUT2D eigenvalue weighted by Gasteiger charge is 2.47. The number of alkyl halides is 4. The van der Waals surface area contributed by atoms with Crippen molar-refractivity contribution in [2.45, 2.75) is 26.2 Å². The van der Waals surface area contributed by atoms with Gasteiger partial charge >= 0.3 is 12.3 Å². The van der Waals surface area contributed by atoms with Crippen LogP contribution in [0.15, 0.2) is 23.3 Å². The van der Waals surface area contributed by atoms with Gasteiger partial charge in [-0.05, 0) is 37.1 Å². The van der Waals surface area contributed by atoms with E-state index in [4.69, 9.17) is 10.00 Å². The molecule has 0 fully saturated rings. The Morgan fingerprint density at radius 2 is 1.83 bits per heavy atom. The van der Waals surface area contributed by atoms with Gasteiger partial charge in [-0.25, -0.2) is 13.8 Å². The zero-order valence-corrected chi connectivity index (χ0v) is 12.5. The molecular formula is C15H11F4N3O2. The minimum Gasteiger partial charge on any atom is -0.449 e. The molecule has 0 aliphatic rings. The van der Waals surface area contributed by atoms with Gasteiger partial charge < -0.3 is 9.72 Å². The number of H-pyrrole nitrogens is 1. The molecule has 0 atom stereocenters. The summed E-state index contributed by atoms with van der Waals surface area (Å²) in [5, 5.41) is 8.88. The van der Waals surface area contributed by atoms with Crippen molar-refractivity contribution in [1.82, 2.24) is 9.97 Å². The molecule has 1 aromatic carbocycles. The summed E-state index contributed by atoms with van der Waals surface area (Å²) in [4.78, 5) is 17.0. The van der Waals surface area contributed by atoms with Crippen LogP contribution < -0.4 is 10.3 Å². The van der Waals surface area contributed by atoms with E-state index in [0.29, 0.717) is 23.0 Å². The molecule has 0 amide bonds. The Hall–Kier alpha value is -2.89. The second kappa shape index (κ2) is 6.31. The van der Waals surface area contributed by atoms with E-state index >= 15 is 0 Å². The molecule has 9 heteroatoms. The molecule has 24 heavy (non-hydrogen) atoms. The van der Waals surface area contributed by atoms with Crippen LogP contribution in [0.5, 0.6) is 11.5 Å². The highest BCUT2D eigenvalue weighted by Crippen LogP contribution is 2.39. The molecule has 126 valence electrons. The molecule has 0 spiro atoms. The standard InChI is InChI=1S/C15H11F4N3O2/c1-7-3-9(5-20)4-8(2)10(7)24-11-12(15(18,19)14(16)17)21-6-22-13(11)23/h3-4,6,14H,1-2H3,(H,21,22,23). The highest BCUT2D eigenvalue weighted by molar-refractivity contribution is 5.49. The molecule has 2 aromatic rings. The van der Waals surface area contributed by atoms with Gasteiger partial charge in [0, 0.05) is 0 Å². The first kappa shape index (κ1) is 17.5. The summed E-state index contributed by atoms with van der Waals surface area (Å²) in [7, 11) is 0. The Kier molecular flexibility index (Phi) is 4.59. The van der Waals surface area contributed by atoms with Crippen LogP contribution in [0.1, 0.15) is 22.4 Å². The van der Waals surface area contributed by atoms with Crippen molar-refractivity contribution in [3.8, 4) is 17.6 Å². The van der Waals surface area contributed by atoms with Crippen LogP contribution in [0.2, 0.25) is 0 Å². The van der Waals surface area contributed by atoms with Crippen LogP contribution in [0.3, 0.4) is 0 Å². The Morgan fingerprint density at radius 1 is 1.25 bits per heavy atom. The molecule has 1 aromatic heterocycles. The van der Waals surface area contributed by atoms with Gasteiger partial charge in [0.1, 0.15) is 5.75 Å². The third-order valence-electron chi connectivity index (χ3n) is 3.19. The fraction of sp³-hybridized carbons (Fsp3) is 0.267. The summed E-state index contributed by atoms with van der Waals surface area (Å²) in [6, 6.07) is 4.74. The van der Waals surface area contributed by atoms with E-state index < -0.39 is 29.4 Å². The number of hydrogen-bond acceptors (Lipinski definition) is 4. The van der Waals surface area contributed by atoms with Gasteiger partial charge in [-0.1, -0.05) is 0 Å². The number of nitrogens with zero attached hydrogens (tertiary/aromatic N) is 2. The lowest BCUT2D eigenvalue weighted by Gasteiger charge is -2.18. The van der Waals surface area contributed by atoms with E-state index in [9.17, 15) is 22.4 Å². The van der Waals surface area contributed by atoms with Crippen LogP contribution in [0, 0.1) is 25.2 Å². The summed E-state index contributed by atoms with van der Waals surface area (Å²) in [6.45, 7) is 3.05. The number of halogens is 4. The van der Waals surface area contributed by atoms with Crippen molar-refractivity contribution < 1.29 is 22.3 Å². The predicted octanol–water partition coefficient (Wildman–Crippen LogP) is 3.41. The van der Waals surface area contributed by atoms with Gasteiger partial charge in [-0.2, -0.15) is 14.0 Å². The van der Waals surface area contributed by atoms with E-state index in [1.54, 1.807) is 0 Å². The quantitative estimate of drug-likeness (QED) is 0.865. The first-order valence-corrected chi connectivity index (χ1v) is 6.61. The average molecular weight is 341 g/mol. The average Bonchev–Trinajstić information content (AvgIpc) is 2.51. The summed E-state index contributed by atoms with van der Waals surface area (Å²) >= 11 is 0. The van der Waals surface area contributed by atoms with Crippen LogP contribution >= 0.6 is 0 Å². The Balaban J connectivity index is 2.61. The lowest BCUT2D eigenvalue weighted by Crippen LogP contribution is -2.28. The van der Waals surface area contributed by atoms with Crippen molar-refractivity contribution in [2.24, 2.45) is 0 Å². The minimum absolute atomic E-state index is 0.0128. The molecule has 1 N–H and O–H groups in total. The SMILES string of the molecule is Cc1cc(C#N)cc(C)c1Oc1c(C(F)(F)C(F)F)nc[nH]c1=O. The topological polar surface area (TPSA) is 78.8 Å². The normalized spacial score (nSPS) is 11.4. The van der Waals surface area contributed by atoms with Gasteiger partial charge in [0.2, 0.25) is 5.75 Å². The van der Waals surface area contributed by atoms with E-state index in [0.717, 1.165) is 0 Å². The number of nitriles is 1. The van der Waals surface area contributed by atoms with Gasteiger partial charge in [-0.3, -0.25) is 4.79 Å². The van der Waals surface area contributed by atoms with Crippen LogP contribution in [-0.2, 0) is 5.92 Å². The van der Waals surface area contributed by atoms with E-state index in [-0.39, 0.29) is 5.75 Å². The maximum atomic E-state index is 13.7. The number of ether oxygens (including phenoxy) is 1. The molecule has 0 unspecified atom stereocenters. The number of rotatable bonds is 4. The molecule has 0 aliphatic heterocycles. The Labute approximate surface area is 133 Å². The zero-order valence-electron chi connectivity index (χ0n) is 12.5. The molecule has 0 saturated heterocycles. The molecule has 5 nitrogen and oxygen atoms in total. The van der Waals surface area contributed by atoms with E-state index in [2.05, 4.69) is 4.98 Å². The maximum Gasteiger partial charge on any atom is 0.352 e. The molecule has 0 radical (unpaired) electrons. The number of benzene rings is 1. The minimum atomic E-state index is -4.65. The first-order valence-electron chi connectivity index (χ1n) is 6.61. The molecule has 2 rings (SSSR count). The third kappa shape index (κ3) is 3.08. The number of aromatic nitrogens is 2. The smallest absolute Gasteiger partial charge is 0.352 e. The van der Waals surface area contributed by atoms with Crippen molar-refractivity contribution in [2.75, 3.05) is 0 Å². The van der Waals surface area contributed by atoms with E-state index in [1.165, 1.54) is 26.0 Å². The Bertz CT molecular complexity index is 849. The fourth-order valence-corrected chi connectivity index (χ4v) is 2.10. The van der Waals surface area contributed by atoms with Crippen molar-refractivity contribution in [3.63, 3.8) is 0 Å². The van der Waals surface area contributed by atoms with Crippen LogP contribution in [0.25, 0.3) is 0 Å². The third-order valence-corrected chi connectivity index (χ3v) is 3.19. The molecule has 0 aliphatic carbocycles. The van der Waals surface area contributed by atoms with Gasteiger partial charge in [0.05, 0.1) is 18.0 Å². The van der Waals surface area contributed by atoms with E-state index in [1.807, 2.05) is 11.1 Å². The molecular weight excluding hydrogens is 330 g/mol. The summed E-state index contributed by atoms with van der Waals surface area (Å²) in [5.74, 6) is -5.66. The van der Waals surface area contributed by atoms with Crippen molar-refractivity contribution >= 4 is 0 Å². The number of nitrogens with one attached hydrogen (secondary N) is 1. The first-order chi connectivity index (χ1) is 11.2. The van der Waals surface area contributed by atoms with Crippen molar-refractivity contribution in [1.29, 1.82) is 5.26 Å². The largest absolute Gasteiger partial charge is 0.449 e. The Morgan fingerprint density at radius 3 is 2.33 bits per heavy atom. The second-order valence-electron chi connectivity index (χ2n) is 4.99. The van der Waals surface area contributed by atoms with Gasteiger partial charge in [-0.15, -0.1) is 0 Å². The van der Waals surface area contributed by atoms with Gasteiger partial charge in [0.15, 0.2) is 5.69 Å². The molecule has 0 bridgehead atoms. The van der Waals surface area contributed by atoms with Crippen LogP contribution in [-0.4, -0.2) is 16.4 Å². The summed E-state index contributed by atoms with van der Waals surface area (Å²) in [5.41, 5.74) is -1.52. The lowest BCUT2D eigenvalue weighted by molar-refractivity contribution is -0.139. The summed E-state index contributed by atoms with van der Waals surface area (Å²) in [6.07, 6.45) is -3.46. The highest BCUT2D eigenvalue weighted by atomic mass is 19.3. The second-order valence-corrected chi connectivity index (χ2v) is 4.99.